The molecule has 4 heteroatoms. The Balaban J connectivity index is 1.94. The number of aromatic nitrogens is 2. The van der Waals surface area contributed by atoms with Crippen molar-refractivity contribution in [2.75, 3.05) is 4.90 Å². The van der Waals surface area contributed by atoms with Crippen LogP contribution < -0.4 is 4.90 Å². The Morgan fingerprint density at radius 1 is 1.21 bits per heavy atom. The van der Waals surface area contributed by atoms with Gasteiger partial charge in [-0.15, -0.1) is 0 Å². The SMILES string of the molecule is Cc1cc(C(C)C)nc(N2C3CCC2CC(O)C3)n1. The van der Waals surface area contributed by atoms with Gasteiger partial charge in [0.25, 0.3) is 0 Å². The van der Waals surface area contributed by atoms with E-state index < -0.39 is 0 Å². The predicted octanol–water partition coefficient (Wildman–Crippen LogP) is 2.40. The molecule has 4 nitrogen and oxygen atoms in total. The third-order valence-corrected chi connectivity index (χ3v) is 4.39. The van der Waals surface area contributed by atoms with Crippen LogP contribution in [0.4, 0.5) is 5.95 Å². The first kappa shape index (κ1) is 12.9. The fourth-order valence-corrected chi connectivity index (χ4v) is 3.46. The Kier molecular flexibility index (Phi) is 3.21. The number of aryl methyl sites for hydroxylation is 1. The topological polar surface area (TPSA) is 49.2 Å². The second kappa shape index (κ2) is 4.75. The summed E-state index contributed by atoms with van der Waals surface area (Å²) >= 11 is 0. The maximum Gasteiger partial charge on any atom is 0.226 e. The number of rotatable bonds is 2. The number of hydrogen-bond acceptors (Lipinski definition) is 4. The fraction of sp³-hybridized carbons (Fsp3) is 0.733. The second-order valence-electron chi connectivity index (χ2n) is 6.31. The molecule has 2 aliphatic rings. The van der Waals surface area contributed by atoms with E-state index in [1.54, 1.807) is 0 Å². The molecule has 2 bridgehead atoms. The van der Waals surface area contributed by atoms with E-state index in [0.717, 1.165) is 43.0 Å². The Morgan fingerprint density at radius 3 is 2.42 bits per heavy atom. The highest BCUT2D eigenvalue weighted by Gasteiger charge is 2.41. The molecule has 0 radical (unpaired) electrons. The van der Waals surface area contributed by atoms with Gasteiger partial charge in [-0.3, -0.25) is 0 Å². The Bertz CT molecular complexity index is 460. The van der Waals surface area contributed by atoms with Gasteiger partial charge in [0.2, 0.25) is 5.95 Å². The van der Waals surface area contributed by atoms with Crippen molar-refractivity contribution in [1.82, 2.24) is 9.97 Å². The molecule has 0 amide bonds. The van der Waals surface area contributed by atoms with Crippen LogP contribution in [-0.2, 0) is 0 Å². The quantitative estimate of drug-likeness (QED) is 0.888. The van der Waals surface area contributed by atoms with Gasteiger partial charge in [-0.05, 0) is 44.6 Å². The number of anilines is 1. The number of hydrogen-bond donors (Lipinski definition) is 1. The summed E-state index contributed by atoms with van der Waals surface area (Å²) in [6, 6.07) is 2.93. The first-order valence-corrected chi connectivity index (χ1v) is 7.36. The molecule has 1 aromatic rings. The standard InChI is InChI=1S/C15H23N3O/c1-9(2)14-6-10(3)16-15(17-14)18-11-4-5-12(18)8-13(19)7-11/h6,9,11-13,19H,4-5,7-8H2,1-3H3. The normalized spacial score (nSPS) is 30.2. The Labute approximate surface area is 114 Å². The molecule has 0 saturated carbocycles. The van der Waals surface area contributed by atoms with E-state index in [2.05, 4.69) is 29.8 Å². The van der Waals surface area contributed by atoms with E-state index in [0.29, 0.717) is 18.0 Å². The molecule has 1 aromatic heterocycles. The predicted molar refractivity (Wildman–Crippen MR) is 75.4 cm³/mol. The minimum Gasteiger partial charge on any atom is -0.393 e. The minimum atomic E-state index is -0.136. The molecule has 19 heavy (non-hydrogen) atoms. The van der Waals surface area contributed by atoms with Gasteiger partial charge in [0.05, 0.1) is 6.10 Å². The van der Waals surface area contributed by atoms with E-state index in [-0.39, 0.29) is 6.10 Å². The molecular weight excluding hydrogens is 238 g/mol. The Hall–Kier alpha value is -1.16. The summed E-state index contributed by atoms with van der Waals surface area (Å²) in [7, 11) is 0. The summed E-state index contributed by atoms with van der Waals surface area (Å²) in [6.45, 7) is 6.37. The summed E-state index contributed by atoms with van der Waals surface area (Å²) in [5.74, 6) is 1.30. The van der Waals surface area contributed by atoms with Gasteiger partial charge < -0.3 is 10.0 Å². The average Bonchev–Trinajstić information content (AvgIpc) is 2.61. The van der Waals surface area contributed by atoms with Gasteiger partial charge >= 0.3 is 0 Å². The van der Waals surface area contributed by atoms with E-state index >= 15 is 0 Å². The molecule has 3 rings (SSSR count). The number of aliphatic hydroxyl groups excluding tert-OH is 1. The van der Waals surface area contributed by atoms with Crippen LogP contribution in [0.1, 0.15) is 56.8 Å². The third kappa shape index (κ3) is 2.34. The van der Waals surface area contributed by atoms with Crippen LogP contribution in [0.15, 0.2) is 6.07 Å². The molecule has 2 unspecified atom stereocenters. The van der Waals surface area contributed by atoms with E-state index in [9.17, 15) is 5.11 Å². The monoisotopic (exact) mass is 261 g/mol. The number of fused-ring (bicyclic) bond motifs is 2. The lowest BCUT2D eigenvalue weighted by atomic mass is 10.0. The fourth-order valence-electron chi connectivity index (χ4n) is 3.46. The van der Waals surface area contributed by atoms with Gasteiger partial charge in [0.15, 0.2) is 0 Å². The van der Waals surface area contributed by atoms with Crippen LogP contribution >= 0.6 is 0 Å². The molecule has 104 valence electrons. The molecule has 0 aromatic carbocycles. The zero-order valence-corrected chi connectivity index (χ0v) is 12.0. The van der Waals surface area contributed by atoms with Crippen LogP contribution in [0.25, 0.3) is 0 Å². The summed E-state index contributed by atoms with van der Waals surface area (Å²) in [4.78, 5) is 11.8. The van der Waals surface area contributed by atoms with Crippen LogP contribution in [-0.4, -0.2) is 33.3 Å². The van der Waals surface area contributed by atoms with Crippen LogP contribution in [0.5, 0.6) is 0 Å². The van der Waals surface area contributed by atoms with Crippen LogP contribution in [0.3, 0.4) is 0 Å². The third-order valence-electron chi connectivity index (χ3n) is 4.39. The van der Waals surface area contributed by atoms with Crippen molar-refractivity contribution in [3.63, 3.8) is 0 Å². The number of nitrogens with zero attached hydrogens (tertiary/aromatic N) is 3. The molecule has 2 aliphatic heterocycles. The van der Waals surface area contributed by atoms with E-state index in [1.807, 2.05) is 6.92 Å². The molecule has 2 fully saturated rings. The van der Waals surface area contributed by atoms with E-state index in [4.69, 9.17) is 4.98 Å². The maximum atomic E-state index is 9.88. The molecule has 1 N–H and O–H groups in total. The van der Waals surface area contributed by atoms with Gasteiger partial charge in [-0.1, -0.05) is 13.8 Å². The summed E-state index contributed by atoms with van der Waals surface area (Å²) in [6.07, 6.45) is 3.92. The first-order chi connectivity index (χ1) is 9.04. The zero-order valence-electron chi connectivity index (χ0n) is 12.0. The minimum absolute atomic E-state index is 0.136. The van der Waals surface area contributed by atoms with Crippen molar-refractivity contribution in [1.29, 1.82) is 0 Å². The smallest absolute Gasteiger partial charge is 0.226 e. The lowest BCUT2D eigenvalue weighted by Gasteiger charge is -2.37. The summed E-state index contributed by atoms with van der Waals surface area (Å²) in [5.41, 5.74) is 2.16. The lowest BCUT2D eigenvalue weighted by molar-refractivity contribution is 0.125. The van der Waals surface area contributed by atoms with Gasteiger partial charge in [0.1, 0.15) is 0 Å². The van der Waals surface area contributed by atoms with Crippen molar-refractivity contribution in [3.05, 3.63) is 17.5 Å². The number of piperidine rings is 1. The van der Waals surface area contributed by atoms with E-state index in [1.165, 1.54) is 0 Å². The van der Waals surface area contributed by atoms with Crippen molar-refractivity contribution < 1.29 is 5.11 Å². The molecular formula is C15H23N3O. The molecule has 3 heterocycles. The van der Waals surface area contributed by atoms with Crippen LogP contribution in [0.2, 0.25) is 0 Å². The van der Waals surface area contributed by atoms with Crippen molar-refractivity contribution in [2.45, 2.75) is 70.6 Å². The van der Waals surface area contributed by atoms with Gasteiger partial charge in [0, 0.05) is 23.5 Å². The van der Waals surface area contributed by atoms with Crippen molar-refractivity contribution in [3.8, 4) is 0 Å². The van der Waals surface area contributed by atoms with Gasteiger partial charge in [-0.2, -0.15) is 0 Å². The molecule has 0 aliphatic carbocycles. The van der Waals surface area contributed by atoms with Crippen LogP contribution in [0, 0.1) is 6.92 Å². The molecule has 2 saturated heterocycles. The zero-order chi connectivity index (χ0) is 13.6. The lowest BCUT2D eigenvalue weighted by Crippen LogP contribution is -2.45. The highest BCUT2D eigenvalue weighted by atomic mass is 16.3. The maximum absolute atomic E-state index is 9.88. The Morgan fingerprint density at radius 2 is 1.84 bits per heavy atom. The highest BCUT2D eigenvalue weighted by Crippen LogP contribution is 2.38. The molecule has 2 atom stereocenters. The van der Waals surface area contributed by atoms with Crippen molar-refractivity contribution in [2.24, 2.45) is 0 Å². The highest BCUT2D eigenvalue weighted by molar-refractivity contribution is 5.39. The average molecular weight is 261 g/mol. The molecule has 0 spiro atoms. The first-order valence-electron chi connectivity index (χ1n) is 7.36. The van der Waals surface area contributed by atoms with Gasteiger partial charge in [-0.25, -0.2) is 9.97 Å². The second-order valence-corrected chi connectivity index (χ2v) is 6.31. The summed E-state index contributed by atoms with van der Waals surface area (Å²) in [5, 5.41) is 9.88. The number of aliphatic hydroxyl groups is 1. The summed E-state index contributed by atoms with van der Waals surface area (Å²) < 4.78 is 0. The van der Waals surface area contributed by atoms with Crippen molar-refractivity contribution >= 4 is 5.95 Å². The largest absolute Gasteiger partial charge is 0.393 e.